The molecule has 0 aromatic rings. The van der Waals surface area contributed by atoms with Crippen LogP contribution in [-0.2, 0) is 0 Å². The molecule has 0 fully saturated rings. The molecule has 1 aliphatic heterocycles. The monoisotopic (exact) mass is 295 g/mol. The lowest BCUT2D eigenvalue weighted by Crippen LogP contribution is -2.32. The maximum Gasteiger partial charge on any atom is 0.171 e. The summed E-state index contributed by atoms with van der Waals surface area (Å²) in [5.74, 6) is 0. The highest BCUT2D eigenvalue weighted by Crippen LogP contribution is 2.17. The third-order valence-corrected chi connectivity index (χ3v) is 3.73. The third kappa shape index (κ3) is 3.32. The molecule has 1 atom stereocenters. The van der Waals surface area contributed by atoms with Crippen LogP contribution >= 0.6 is 22.6 Å². The van der Waals surface area contributed by atoms with Crippen molar-refractivity contribution in [1.82, 2.24) is 9.91 Å². The van der Waals surface area contributed by atoms with Crippen molar-refractivity contribution in [2.45, 2.75) is 36.8 Å². The van der Waals surface area contributed by atoms with E-state index in [1.165, 1.54) is 25.7 Å². The summed E-state index contributed by atoms with van der Waals surface area (Å²) in [5, 5.41) is 6.47. The fourth-order valence-electron chi connectivity index (χ4n) is 1.33. The number of hydrogen-bond donors (Lipinski definition) is 0. The number of nitrogens with zero attached hydrogens (tertiary/aromatic N) is 3. The van der Waals surface area contributed by atoms with Crippen LogP contribution in [0.3, 0.4) is 0 Å². The van der Waals surface area contributed by atoms with E-state index in [1.807, 2.05) is 6.34 Å². The maximum absolute atomic E-state index is 4.32. The van der Waals surface area contributed by atoms with Crippen LogP contribution in [0, 0.1) is 0 Å². The summed E-state index contributed by atoms with van der Waals surface area (Å²) in [7, 11) is 2.06. The third-order valence-electron chi connectivity index (χ3n) is 2.20. The zero-order valence-electron chi connectivity index (χ0n) is 8.41. The first-order valence-corrected chi connectivity index (χ1v) is 6.17. The largest absolute Gasteiger partial charge is 0.334 e. The summed E-state index contributed by atoms with van der Waals surface area (Å²) in [6.07, 6.45) is 7.14. The molecule has 0 bridgehead atoms. The van der Waals surface area contributed by atoms with Crippen LogP contribution in [0.15, 0.2) is 5.10 Å². The fourth-order valence-corrected chi connectivity index (χ4v) is 1.90. The lowest BCUT2D eigenvalue weighted by molar-refractivity contribution is 0.231. The van der Waals surface area contributed by atoms with Crippen molar-refractivity contribution in [3.8, 4) is 0 Å². The second kappa shape index (κ2) is 5.67. The quantitative estimate of drug-likeness (QED) is 0.336. The Bertz CT molecular complexity index is 172. The van der Waals surface area contributed by atoms with E-state index < -0.39 is 0 Å². The molecule has 0 aromatic heterocycles. The van der Waals surface area contributed by atoms with Crippen LogP contribution in [0.2, 0.25) is 0 Å². The molecule has 0 amide bonds. The molecule has 76 valence electrons. The molecule has 1 aliphatic rings. The molecule has 0 N–H and O–H groups in total. The van der Waals surface area contributed by atoms with Gasteiger partial charge in [-0.3, -0.25) is 5.01 Å². The molecule has 0 aromatic carbocycles. The predicted molar refractivity (Wildman–Crippen MR) is 64.9 cm³/mol. The van der Waals surface area contributed by atoms with Gasteiger partial charge in [0.2, 0.25) is 0 Å². The zero-order valence-corrected chi connectivity index (χ0v) is 10.6. The minimum Gasteiger partial charge on any atom is -0.334 e. The number of hydrazone groups is 1. The minimum absolute atomic E-state index is 0.416. The number of unbranched alkanes of at least 4 members (excludes halogenated alkanes) is 3. The second-order valence-electron chi connectivity index (χ2n) is 3.43. The Balaban J connectivity index is 2.12. The number of hydrogen-bond acceptors (Lipinski definition) is 3. The highest BCUT2D eigenvalue weighted by molar-refractivity contribution is 14.1. The number of alkyl halides is 1. The number of halogens is 1. The van der Waals surface area contributed by atoms with Crippen molar-refractivity contribution in [2.75, 3.05) is 13.6 Å². The topological polar surface area (TPSA) is 18.8 Å². The summed E-state index contributed by atoms with van der Waals surface area (Å²) < 4.78 is 0.416. The van der Waals surface area contributed by atoms with Crippen molar-refractivity contribution in [1.29, 1.82) is 0 Å². The van der Waals surface area contributed by atoms with Crippen LogP contribution in [0.5, 0.6) is 0 Å². The summed E-state index contributed by atoms with van der Waals surface area (Å²) in [6.45, 7) is 3.33. The minimum atomic E-state index is 0.416. The molecule has 0 aliphatic carbocycles. The smallest absolute Gasteiger partial charge is 0.171 e. The molecule has 0 saturated heterocycles. The maximum atomic E-state index is 4.32. The Kier molecular flexibility index (Phi) is 4.83. The average Bonchev–Trinajstić information content (AvgIpc) is 2.43. The SMILES string of the molecule is CCCCCCN1N=CN(C)C1I. The van der Waals surface area contributed by atoms with E-state index in [0.717, 1.165) is 6.54 Å². The summed E-state index contributed by atoms with van der Waals surface area (Å²) in [6, 6.07) is 0. The molecular formula is C9H18IN3. The van der Waals surface area contributed by atoms with Gasteiger partial charge in [-0.1, -0.05) is 26.2 Å². The van der Waals surface area contributed by atoms with Gasteiger partial charge in [0.25, 0.3) is 0 Å². The van der Waals surface area contributed by atoms with E-state index in [4.69, 9.17) is 0 Å². The Morgan fingerprint density at radius 1 is 1.38 bits per heavy atom. The van der Waals surface area contributed by atoms with E-state index in [-0.39, 0.29) is 0 Å². The average molecular weight is 295 g/mol. The van der Waals surface area contributed by atoms with E-state index in [1.54, 1.807) is 0 Å². The zero-order chi connectivity index (χ0) is 9.68. The number of rotatable bonds is 5. The Morgan fingerprint density at radius 3 is 2.69 bits per heavy atom. The highest BCUT2D eigenvalue weighted by atomic mass is 127. The molecule has 4 heteroatoms. The van der Waals surface area contributed by atoms with Gasteiger partial charge in [-0.05, 0) is 29.0 Å². The summed E-state index contributed by atoms with van der Waals surface area (Å²) in [4.78, 5) is 2.13. The van der Waals surface area contributed by atoms with Gasteiger partial charge < -0.3 is 4.90 Å². The van der Waals surface area contributed by atoms with Gasteiger partial charge in [-0.25, -0.2) is 0 Å². The lowest BCUT2D eigenvalue weighted by atomic mass is 10.2. The molecule has 1 rings (SSSR count). The highest BCUT2D eigenvalue weighted by Gasteiger charge is 2.20. The van der Waals surface area contributed by atoms with Gasteiger partial charge in [0.1, 0.15) is 6.34 Å². The first-order valence-electron chi connectivity index (χ1n) is 4.92. The van der Waals surface area contributed by atoms with Crippen LogP contribution in [0.1, 0.15) is 32.6 Å². The van der Waals surface area contributed by atoms with Gasteiger partial charge in [0.05, 0.1) is 0 Å². The molecule has 1 unspecified atom stereocenters. The van der Waals surface area contributed by atoms with E-state index >= 15 is 0 Å². The van der Waals surface area contributed by atoms with Crippen LogP contribution in [-0.4, -0.2) is 34.0 Å². The van der Waals surface area contributed by atoms with Crippen molar-refractivity contribution in [2.24, 2.45) is 5.10 Å². The molecule has 1 heterocycles. The second-order valence-corrected chi connectivity index (χ2v) is 4.54. The predicted octanol–water partition coefficient (Wildman–Crippen LogP) is 2.48. The normalized spacial score (nSPS) is 21.6. The summed E-state index contributed by atoms with van der Waals surface area (Å²) in [5.41, 5.74) is 0. The molecule has 0 spiro atoms. The Hall–Kier alpha value is 0. The van der Waals surface area contributed by atoms with Crippen molar-refractivity contribution >= 4 is 28.9 Å². The van der Waals surface area contributed by atoms with Gasteiger partial charge in [-0.2, -0.15) is 5.10 Å². The molecule has 0 saturated carbocycles. The van der Waals surface area contributed by atoms with Crippen LogP contribution < -0.4 is 0 Å². The van der Waals surface area contributed by atoms with Gasteiger partial charge in [0.15, 0.2) is 4.17 Å². The fraction of sp³-hybridized carbons (Fsp3) is 0.889. The standard InChI is InChI=1S/C9H18IN3/c1-3-4-5-6-7-13-9(10)12(2)8-11-13/h8-9H,3-7H2,1-2H3. The van der Waals surface area contributed by atoms with Crippen molar-refractivity contribution < 1.29 is 0 Å². The van der Waals surface area contributed by atoms with Gasteiger partial charge in [0, 0.05) is 13.6 Å². The summed E-state index contributed by atoms with van der Waals surface area (Å²) >= 11 is 2.41. The van der Waals surface area contributed by atoms with E-state index in [0.29, 0.717) is 4.17 Å². The molecule has 13 heavy (non-hydrogen) atoms. The van der Waals surface area contributed by atoms with Gasteiger partial charge >= 0.3 is 0 Å². The van der Waals surface area contributed by atoms with Crippen LogP contribution in [0.25, 0.3) is 0 Å². The Labute approximate surface area is 94.3 Å². The molecule has 3 nitrogen and oxygen atoms in total. The van der Waals surface area contributed by atoms with E-state index in [2.05, 4.69) is 51.6 Å². The van der Waals surface area contributed by atoms with Crippen molar-refractivity contribution in [3.05, 3.63) is 0 Å². The lowest BCUT2D eigenvalue weighted by Gasteiger charge is -2.22. The first-order chi connectivity index (χ1) is 6.25. The van der Waals surface area contributed by atoms with E-state index in [9.17, 15) is 0 Å². The Morgan fingerprint density at radius 2 is 2.15 bits per heavy atom. The first kappa shape index (κ1) is 11.1. The van der Waals surface area contributed by atoms with Crippen LogP contribution in [0.4, 0.5) is 0 Å². The van der Waals surface area contributed by atoms with Crippen molar-refractivity contribution in [3.63, 3.8) is 0 Å². The molecule has 0 radical (unpaired) electrons. The molecular weight excluding hydrogens is 277 g/mol. The van der Waals surface area contributed by atoms with Gasteiger partial charge in [-0.15, -0.1) is 0 Å².